The Balaban J connectivity index is 2.66. The topological polar surface area (TPSA) is 0 Å². The minimum atomic E-state index is 0.661. The fraction of sp³-hybridized carbons (Fsp3) is 1.00. The van der Waals surface area contributed by atoms with Crippen LogP contribution in [0.15, 0.2) is 0 Å². The molecular weight excluding hydrogens is 132 g/mol. The third kappa shape index (κ3) is 1.02. The van der Waals surface area contributed by atoms with Gasteiger partial charge >= 0.3 is 0 Å². The predicted octanol–water partition coefficient (Wildman–Crippen LogP) is 3.71. The summed E-state index contributed by atoms with van der Waals surface area (Å²) in [6, 6.07) is 0. The molecule has 1 saturated carbocycles. The zero-order valence-corrected chi connectivity index (χ0v) is 8.65. The molecule has 0 aliphatic heterocycles. The van der Waals surface area contributed by atoms with Gasteiger partial charge in [0, 0.05) is 0 Å². The molecule has 0 spiro atoms. The van der Waals surface area contributed by atoms with Crippen molar-refractivity contribution in [2.45, 2.75) is 47.5 Å². The first kappa shape index (κ1) is 9.09. The van der Waals surface area contributed by atoms with E-state index in [1.165, 1.54) is 12.8 Å². The van der Waals surface area contributed by atoms with Crippen LogP contribution in [0.4, 0.5) is 0 Å². The quantitative estimate of drug-likeness (QED) is 0.568. The molecule has 0 N–H and O–H groups in total. The van der Waals surface area contributed by atoms with Crippen LogP contribution in [0, 0.1) is 23.2 Å². The van der Waals surface area contributed by atoms with Gasteiger partial charge in [0.2, 0.25) is 0 Å². The lowest BCUT2D eigenvalue weighted by Gasteiger charge is -2.58. The summed E-state index contributed by atoms with van der Waals surface area (Å²) in [5, 5.41) is 0. The van der Waals surface area contributed by atoms with Crippen LogP contribution >= 0.6 is 0 Å². The summed E-state index contributed by atoms with van der Waals surface area (Å²) in [7, 11) is 0. The van der Waals surface area contributed by atoms with E-state index in [2.05, 4.69) is 34.6 Å². The summed E-state index contributed by atoms with van der Waals surface area (Å²) in [5.41, 5.74) is 0.661. The molecule has 0 aromatic heterocycles. The minimum absolute atomic E-state index is 0.661. The highest BCUT2D eigenvalue weighted by Crippen LogP contribution is 2.58. The van der Waals surface area contributed by atoms with E-state index in [1.807, 2.05) is 0 Å². The molecule has 0 amide bonds. The van der Waals surface area contributed by atoms with Gasteiger partial charge in [-0.25, -0.2) is 0 Å². The molecule has 0 saturated heterocycles. The van der Waals surface area contributed by atoms with Crippen LogP contribution in [0.1, 0.15) is 47.5 Å². The average Bonchev–Trinajstić information content (AvgIpc) is 2.04. The normalized spacial score (nSPS) is 50.5. The van der Waals surface area contributed by atoms with Gasteiger partial charge in [0.25, 0.3) is 0 Å². The Morgan fingerprint density at radius 2 is 1.73 bits per heavy atom. The molecule has 1 fully saturated rings. The van der Waals surface area contributed by atoms with E-state index < -0.39 is 0 Å². The largest absolute Gasteiger partial charge is 0.0651 e. The molecule has 0 bridgehead atoms. The predicted molar refractivity (Wildman–Crippen MR) is 50.5 cm³/mol. The van der Waals surface area contributed by atoms with Crippen molar-refractivity contribution >= 4 is 0 Å². The molecule has 0 radical (unpaired) electrons. The number of rotatable bonds is 2. The fourth-order valence-corrected chi connectivity index (χ4v) is 3.19. The first-order chi connectivity index (χ1) is 5.07. The Labute approximate surface area is 71.4 Å². The Hall–Kier alpha value is 0. The fourth-order valence-electron chi connectivity index (χ4n) is 3.19. The van der Waals surface area contributed by atoms with E-state index in [1.54, 1.807) is 0 Å². The highest BCUT2D eigenvalue weighted by Gasteiger charge is 2.51. The van der Waals surface area contributed by atoms with Crippen molar-refractivity contribution in [1.29, 1.82) is 0 Å². The van der Waals surface area contributed by atoms with Crippen LogP contribution in [-0.2, 0) is 0 Å². The van der Waals surface area contributed by atoms with Crippen LogP contribution in [0.2, 0.25) is 0 Å². The zero-order valence-electron chi connectivity index (χ0n) is 8.65. The molecule has 0 aromatic carbocycles. The summed E-state index contributed by atoms with van der Waals surface area (Å²) in [4.78, 5) is 0. The van der Waals surface area contributed by atoms with E-state index in [-0.39, 0.29) is 0 Å². The second-order valence-corrected chi connectivity index (χ2v) is 4.52. The maximum Gasteiger partial charge on any atom is -0.0269 e. The van der Waals surface area contributed by atoms with Gasteiger partial charge in [-0.1, -0.05) is 47.5 Å². The molecule has 0 aromatic rings. The molecule has 4 atom stereocenters. The van der Waals surface area contributed by atoms with Crippen molar-refractivity contribution in [3.8, 4) is 0 Å². The lowest BCUT2D eigenvalue weighted by molar-refractivity contribution is -0.0960. The second-order valence-electron chi connectivity index (χ2n) is 4.52. The lowest BCUT2D eigenvalue weighted by atomic mass is 9.47. The first-order valence-electron chi connectivity index (χ1n) is 5.07. The Bertz CT molecular complexity index is 139. The summed E-state index contributed by atoms with van der Waals surface area (Å²) in [6.45, 7) is 12.0. The Morgan fingerprint density at radius 3 is 2.00 bits per heavy atom. The van der Waals surface area contributed by atoms with Crippen molar-refractivity contribution < 1.29 is 0 Å². The highest BCUT2D eigenvalue weighted by atomic mass is 14.6. The van der Waals surface area contributed by atoms with E-state index in [0.29, 0.717) is 5.41 Å². The van der Waals surface area contributed by atoms with E-state index in [0.717, 1.165) is 17.8 Å². The Morgan fingerprint density at radius 1 is 1.18 bits per heavy atom. The molecule has 66 valence electrons. The molecule has 1 aliphatic carbocycles. The SMILES string of the molecule is CCC1C(C)C(C)C1(C)CC. The third-order valence-electron chi connectivity index (χ3n) is 4.51. The standard InChI is InChI=1S/C11H22/c1-6-10-8(3)9(4)11(10,5)7-2/h8-10H,6-7H2,1-5H3. The van der Waals surface area contributed by atoms with Crippen molar-refractivity contribution in [3.63, 3.8) is 0 Å². The van der Waals surface area contributed by atoms with Gasteiger partial charge in [-0.2, -0.15) is 0 Å². The van der Waals surface area contributed by atoms with Crippen molar-refractivity contribution in [2.24, 2.45) is 23.2 Å². The van der Waals surface area contributed by atoms with E-state index in [4.69, 9.17) is 0 Å². The smallest absolute Gasteiger partial charge is 0.0269 e. The van der Waals surface area contributed by atoms with Gasteiger partial charge in [-0.05, 0) is 23.2 Å². The molecule has 0 heterocycles. The monoisotopic (exact) mass is 154 g/mol. The maximum absolute atomic E-state index is 2.46. The molecule has 0 heteroatoms. The second kappa shape index (κ2) is 2.80. The zero-order chi connectivity index (χ0) is 8.65. The van der Waals surface area contributed by atoms with Gasteiger partial charge in [0.15, 0.2) is 0 Å². The van der Waals surface area contributed by atoms with E-state index >= 15 is 0 Å². The lowest BCUT2D eigenvalue weighted by Crippen LogP contribution is -2.51. The molecular formula is C11H22. The summed E-state index contributed by atoms with van der Waals surface area (Å²) in [5.74, 6) is 2.89. The van der Waals surface area contributed by atoms with Crippen LogP contribution < -0.4 is 0 Å². The number of hydrogen-bond donors (Lipinski definition) is 0. The first-order valence-corrected chi connectivity index (χ1v) is 5.07. The van der Waals surface area contributed by atoms with Gasteiger partial charge < -0.3 is 0 Å². The molecule has 1 rings (SSSR count). The van der Waals surface area contributed by atoms with E-state index in [9.17, 15) is 0 Å². The van der Waals surface area contributed by atoms with Crippen molar-refractivity contribution in [2.75, 3.05) is 0 Å². The van der Waals surface area contributed by atoms with Gasteiger partial charge in [-0.15, -0.1) is 0 Å². The van der Waals surface area contributed by atoms with Gasteiger partial charge in [0.1, 0.15) is 0 Å². The van der Waals surface area contributed by atoms with Gasteiger partial charge in [-0.3, -0.25) is 0 Å². The van der Waals surface area contributed by atoms with Crippen LogP contribution in [0.25, 0.3) is 0 Å². The number of hydrogen-bond acceptors (Lipinski definition) is 0. The van der Waals surface area contributed by atoms with Crippen molar-refractivity contribution in [3.05, 3.63) is 0 Å². The van der Waals surface area contributed by atoms with Crippen LogP contribution in [-0.4, -0.2) is 0 Å². The third-order valence-corrected chi connectivity index (χ3v) is 4.51. The van der Waals surface area contributed by atoms with Crippen LogP contribution in [0.3, 0.4) is 0 Å². The minimum Gasteiger partial charge on any atom is -0.0651 e. The average molecular weight is 154 g/mol. The molecule has 4 unspecified atom stereocenters. The summed E-state index contributed by atoms with van der Waals surface area (Å²) >= 11 is 0. The van der Waals surface area contributed by atoms with Gasteiger partial charge in [0.05, 0.1) is 0 Å². The molecule has 11 heavy (non-hydrogen) atoms. The molecule has 0 nitrogen and oxygen atoms in total. The summed E-state index contributed by atoms with van der Waals surface area (Å²) in [6.07, 6.45) is 2.73. The summed E-state index contributed by atoms with van der Waals surface area (Å²) < 4.78 is 0. The molecule has 1 aliphatic rings. The highest BCUT2D eigenvalue weighted by molar-refractivity contribution is 5.00. The Kier molecular flexibility index (Phi) is 2.32. The van der Waals surface area contributed by atoms with Crippen LogP contribution in [0.5, 0.6) is 0 Å². The maximum atomic E-state index is 2.46. The van der Waals surface area contributed by atoms with Crippen molar-refractivity contribution in [1.82, 2.24) is 0 Å².